The second-order valence-electron chi connectivity index (χ2n) is 13.8. The number of hydrogen-bond acceptors (Lipinski definition) is 13. The Morgan fingerprint density at radius 3 is 2.58 bits per heavy atom. The van der Waals surface area contributed by atoms with E-state index in [4.69, 9.17) is 33.2 Å². The van der Waals surface area contributed by atoms with Crippen LogP contribution in [0.3, 0.4) is 0 Å². The minimum atomic E-state index is -1.33. The first kappa shape index (κ1) is 31.3. The zero-order valence-electron chi connectivity index (χ0n) is 26.5. The number of likely N-dealkylation sites (N-methyl/N-ethyl adjacent to an activating group) is 1. The van der Waals surface area contributed by atoms with Crippen molar-refractivity contribution in [3.63, 3.8) is 0 Å². The number of likely N-dealkylation sites (tertiary alicyclic amines) is 1. The van der Waals surface area contributed by atoms with Crippen LogP contribution in [0.1, 0.15) is 71.9 Å². The van der Waals surface area contributed by atoms with Gasteiger partial charge in [-0.15, -0.1) is 0 Å². The van der Waals surface area contributed by atoms with Crippen LogP contribution in [0.5, 0.6) is 11.5 Å². The molecule has 1 spiro atoms. The Kier molecular flexibility index (Phi) is 7.25. The first-order valence-electron chi connectivity index (χ1n) is 15.1. The highest BCUT2D eigenvalue weighted by Crippen LogP contribution is 2.65. The van der Waals surface area contributed by atoms with Gasteiger partial charge in [0.25, 0.3) is 0 Å². The molecular formula is C32H39NO12. The maximum absolute atomic E-state index is 13.2. The summed E-state index contributed by atoms with van der Waals surface area (Å²) in [6, 6.07) is 3.28. The molecular weight excluding hydrogens is 590 g/mol. The van der Waals surface area contributed by atoms with Crippen LogP contribution in [-0.2, 0) is 49.9 Å². The fraction of sp³-hybridized carbons (Fsp3) is 0.625. The number of ether oxygens (including phenoxy) is 7. The molecule has 13 heteroatoms. The topological polar surface area (TPSA) is 156 Å². The van der Waals surface area contributed by atoms with Crippen LogP contribution in [-0.4, -0.2) is 89.0 Å². The average molecular weight is 630 g/mol. The zero-order chi connectivity index (χ0) is 32.7. The van der Waals surface area contributed by atoms with E-state index in [1.54, 1.807) is 46.8 Å². The highest BCUT2D eigenvalue weighted by Gasteiger charge is 2.72. The molecule has 1 N–H and O–H groups in total. The summed E-state index contributed by atoms with van der Waals surface area (Å²) in [6.07, 6.45) is -1.91. The molecule has 6 atom stereocenters. The van der Waals surface area contributed by atoms with Crippen LogP contribution in [0, 0.1) is 0 Å². The second kappa shape index (κ2) is 10.4. The predicted molar refractivity (Wildman–Crippen MR) is 153 cm³/mol. The third-order valence-corrected chi connectivity index (χ3v) is 9.17. The molecule has 2 saturated heterocycles. The van der Waals surface area contributed by atoms with Gasteiger partial charge in [-0.3, -0.25) is 4.79 Å². The van der Waals surface area contributed by atoms with Crippen molar-refractivity contribution in [2.45, 2.75) is 114 Å². The van der Waals surface area contributed by atoms with E-state index in [0.717, 1.165) is 11.1 Å². The van der Waals surface area contributed by atoms with Crippen molar-refractivity contribution in [1.82, 2.24) is 4.90 Å². The van der Waals surface area contributed by atoms with Gasteiger partial charge in [0.05, 0.1) is 17.4 Å². The van der Waals surface area contributed by atoms with E-state index in [1.807, 2.05) is 13.1 Å². The summed E-state index contributed by atoms with van der Waals surface area (Å²) in [5, 5.41) is 12.4. The van der Waals surface area contributed by atoms with Crippen LogP contribution < -0.4 is 9.47 Å². The number of piperidine rings is 1. The molecule has 0 amide bonds. The zero-order valence-corrected chi connectivity index (χ0v) is 26.5. The van der Waals surface area contributed by atoms with E-state index >= 15 is 0 Å². The summed E-state index contributed by atoms with van der Waals surface area (Å²) in [5.74, 6) is -2.97. The molecule has 0 aromatic heterocycles. The fourth-order valence-corrected chi connectivity index (χ4v) is 7.36. The normalized spacial score (nSPS) is 31.5. The van der Waals surface area contributed by atoms with Crippen LogP contribution >= 0.6 is 0 Å². The van der Waals surface area contributed by atoms with E-state index in [0.29, 0.717) is 25.1 Å². The molecule has 5 aliphatic rings. The Hall–Kier alpha value is -3.68. The SMILES string of the molecule is CC(OC(=O)C[C@@H]1OC(C)(C)OC1=O)C(=O)OC1=CC[C@@]2(O)[C@H]3Cc4ccc(OC(=O)OC(C)(C)C)c5c4[C@@]2(CCN3C)[C@H]1O5. The van der Waals surface area contributed by atoms with E-state index in [-0.39, 0.29) is 24.0 Å². The van der Waals surface area contributed by atoms with Gasteiger partial charge in [0.1, 0.15) is 11.4 Å². The quantitative estimate of drug-likeness (QED) is 0.279. The lowest BCUT2D eigenvalue weighted by atomic mass is 9.50. The maximum atomic E-state index is 13.2. The number of cyclic esters (lactones) is 1. The van der Waals surface area contributed by atoms with E-state index in [2.05, 4.69) is 4.90 Å². The van der Waals surface area contributed by atoms with Crippen LogP contribution in [0.25, 0.3) is 0 Å². The molecule has 3 heterocycles. The third-order valence-electron chi connectivity index (χ3n) is 9.17. The number of rotatable bonds is 6. The Balaban J connectivity index is 1.25. The van der Waals surface area contributed by atoms with Gasteiger partial charge < -0.3 is 43.2 Å². The molecule has 0 radical (unpaired) electrons. The molecule has 45 heavy (non-hydrogen) atoms. The van der Waals surface area contributed by atoms with Crippen LogP contribution in [0.15, 0.2) is 24.0 Å². The minimum Gasteiger partial charge on any atom is -0.477 e. The number of benzene rings is 1. The minimum absolute atomic E-state index is 0.135. The summed E-state index contributed by atoms with van der Waals surface area (Å²) >= 11 is 0. The largest absolute Gasteiger partial charge is 0.514 e. The van der Waals surface area contributed by atoms with Gasteiger partial charge in [0.2, 0.25) is 5.79 Å². The molecule has 6 rings (SSSR count). The molecule has 1 aromatic rings. The van der Waals surface area contributed by atoms with E-state index < -0.39 is 71.2 Å². The number of carbonyl (C=O) groups excluding carboxylic acids is 4. The van der Waals surface area contributed by atoms with Crippen molar-refractivity contribution in [3.05, 3.63) is 35.1 Å². The van der Waals surface area contributed by atoms with E-state index in [9.17, 15) is 24.3 Å². The average Bonchev–Trinajstić information content (AvgIpc) is 3.40. The Bertz CT molecular complexity index is 1490. The molecule has 2 fully saturated rings. The van der Waals surface area contributed by atoms with Crippen LogP contribution in [0.2, 0.25) is 0 Å². The number of hydrogen-bond donors (Lipinski definition) is 1. The summed E-state index contributed by atoms with van der Waals surface area (Å²) in [4.78, 5) is 52.6. The van der Waals surface area contributed by atoms with Crippen molar-refractivity contribution in [3.8, 4) is 11.5 Å². The lowest BCUT2D eigenvalue weighted by molar-refractivity contribution is -0.176. The predicted octanol–water partition coefficient (Wildman–Crippen LogP) is 2.82. The van der Waals surface area contributed by atoms with Crippen LogP contribution in [0.4, 0.5) is 4.79 Å². The third kappa shape index (κ3) is 5.14. The molecule has 13 nitrogen and oxygen atoms in total. The molecule has 1 aromatic carbocycles. The number of nitrogens with zero attached hydrogens (tertiary/aromatic N) is 1. The lowest BCUT2D eigenvalue weighted by Crippen LogP contribution is -2.74. The number of carbonyl (C=O) groups is 4. The summed E-state index contributed by atoms with van der Waals surface area (Å²) < 4.78 is 39.1. The van der Waals surface area contributed by atoms with Crippen molar-refractivity contribution in [2.24, 2.45) is 0 Å². The maximum Gasteiger partial charge on any atom is 0.514 e. The van der Waals surface area contributed by atoms with Crippen molar-refractivity contribution < 1.29 is 57.4 Å². The van der Waals surface area contributed by atoms with Gasteiger partial charge in [-0.25, -0.2) is 14.4 Å². The van der Waals surface area contributed by atoms with Gasteiger partial charge >= 0.3 is 24.1 Å². The first-order valence-corrected chi connectivity index (χ1v) is 15.1. The van der Waals surface area contributed by atoms with E-state index in [1.165, 1.54) is 6.92 Å². The lowest BCUT2D eigenvalue weighted by Gasteiger charge is -2.61. The van der Waals surface area contributed by atoms with Crippen molar-refractivity contribution >= 4 is 24.1 Å². The molecule has 2 aliphatic carbocycles. The number of esters is 3. The highest BCUT2D eigenvalue weighted by atomic mass is 16.8. The highest BCUT2D eigenvalue weighted by molar-refractivity contribution is 5.85. The van der Waals surface area contributed by atoms with Crippen molar-refractivity contribution in [1.29, 1.82) is 0 Å². The Morgan fingerprint density at radius 2 is 1.91 bits per heavy atom. The summed E-state index contributed by atoms with van der Waals surface area (Å²) in [5.41, 5.74) is -1.39. The smallest absolute Gasteiger partial charge is 0.477 e. The molecule has 2 bridgehead atoms. The fourth-order valence-electron chi connectivity index (χ4n) is 7.36. The summed E-state index contributed by atoms with van der Waals surface area (Å²) in [7, 11) is 1.97. The van der Waals surface area contributed by atoms with Gasteiger partial charge in [-0.1, -0.05) is 6.07 Å². The molecule has 244 valence electrons. The second-order valence-corrected chi connectivity index (χ2v) is 13.8. The molecule has 1 unspecified atom stereocenters. The van der Waals surface area contributed by atoms with Gasteiger partial charge in [-0.2, -0.15) is 0 Å². The van der Waals surface area contributed by atoms with Gasteiger partial charge in [0.15, 0.2) is 29.8 Å². The standard InChI is InChI=1S/C32H39NO12/c1-16(39-22(34)15-20-27(36)44-30(5,6)43-20)26(35)40-19-10-11-32(38)21-14-17-8-9-18(41-28(37)45-29(2,3)4)24-23(17)31(32,25(19)42-24)12-13-33(21)7/h8-10,16,20-21,25,38H,11-15H2,1-7H3/t16?,20-,21+,25-,31-,32+/m0/s1. The van der Waals surface area contributed by atoms with Gasteiger partial charge in [0, 0.05) is 31.9 Å². The molecule has 3 aliphatic heterocycles. The van der Waals surface area contributed by atoms with Crippen molar-refractivity contribution in [2.75, 3.05) is 13.6 Å². The van der Waals surface area contributed by atoms with Gasteiger partial charge in [-0.05, 0) is 71.8 Å². The Morgan fingerprint density at radius 1 is 1.18 bits per heavy atom. The number of aliphatic hydroxyl groups is 1. The monoisotopic (exact) mass is 629 g/mol. The Labute approximate surface area is 260 Å². The molecule has 0 saturated carbocycles. The first-order chi connectivity index (χ1) is 20.9. The summed E-state index contributed by atoms with van der Waals surface area (Å²) in [6.45, 7) is 10.3.